The Morgan fingerprint density at radius 3 is 1.24 bits per heavy atom. The number of hydrogen-bond acceptors (Lipinski definition) is 12. The molecule has 0 aliphatic carbocycles. The molecular formula is C31H62N2O12. The number of carbonyl (C=O) groups is 6. The van der Waals surface area contributed by atoms with Gasteiger partial charge in [0.05, 0.1) is 26.4 Å². The lowest BCUT2D eigenvalue weighted by Crippen LogP contribution is -2.35. The predicted octanol–water partition coefficient (Wildman–Crippen LogP) is 3.56. The van der Waals surface area contributed by atoms with E-state index in [1.165, 1.54) is 6.92 Å². The van der Waals surface area contributed by atoms with E-state index in [1.807, 2.05) is 0 Å². The highest BCUT2D eigenvalue weighted by atomic mass is 16.6. The molecule has 0 aliphatic heterocycles. The molecule has 0 saturated carbocycles. The summed E-state index contributed by atoms with van der Waals surface area (Å²) >= 11 is 0. The molecule has 14 heteroatoms. The summed E-state index contributed by atoms with van der Waals surface area (Å²) in [5.74, 6) is -2.53. The third-order valence-electron chi connectivity index (χ3n) is 4.04. The number of rotatable bonds is 20. The van der Waals surface area contributed by atoms with Crippen molar-refractivity contribution in [3.05, 3.63) is 24.3 Å². The van der Waals surface area contributed by atoms with E-state index in [-0.39, 0.29) is 102 Å². The van der Waals surface area contributed by atoms with Gasteiger partial charge in [0, 0.05) is 37.6 Å². The summed E-state index contributed by atoms with van der Waals surface area (Å²) in [6, 6.07) is 0. The molecule has 14 nitrogen and oxygen atoms in total. The van der Waals surface area contributed by atoms with E-state index in [0.717, 1.165) is 0 Å². The highest BCUT2D eigenvalue weighted by Crippen LogP contribution is 1.93. The standard InChI is InChI=1S/C16H26N2O7.C10H16O5.5CH4/c1-4-13(19)17-5-6-18-14(20)11-15(21)24-9-7-23-8-10-25-16(22)12(2)3;1-8(2)10(12)15-7-5-13-4-6-14-9(3)11;;;;;/h2,4-11H2,1,3H3,(H,17,19)(H,18,20);1,4-7H2,2-3H3;5*1H4. The number of amides is 2. The number of esters is 4. The van der Waals surface area contributed by atoms with Gasteiger partial charge in [0.25, 0.3) is 0 Å². The van der Waals surface area contributed by atoms with E-state index in [4.69, 9.17) is 23.7 Å². The Morgan fingerprint density at radius 1 is 0.533 bits per heavy atom. The first-order chi connectivity index (χ1) is 18.9. The van der Waals surface area contributed by atoms with Gasteiger partial charge >= 0.3 is 23.9 Å². The molecule has 0 spiro atoms. The SMILES string of the molecule is C.C.C.C.C.C=C(C)C(=O)OCCOCCOC(=O)CC(=O)NCCNC(=O)CC.C=C(C)C(=O)OCCOCCOC(C)=O. The van der Waals surface area contributed by atoms with Gasteiger partial charge in [-0.15, -0.1) is 0 Å². The monoisotopic (exact) mass is 654 g/mol. The largest absolute Gasteiger partial charge is 0.463 e. The molecule has 0 aromatic rings. The fourth-order valence-electron chi connectivity index (χ4n) is 2.07. The summed E-state index contributed by atoms with van der Waals surface area (Å²) in [7, 11) is 0. The molecule has 0 heterocycles. The van der Waals surface area contributed by atoms with Gasteiger partial charge in [-0.25, -0.2) is 9.59 Å². The van der Waals surface area contributed by atoms with Gasteiger partial charge < -0.3 is 39.1 Å². The highest BCUT2D eigenvalue weighted by Gasteiger charge is 2.10. The van der Waals surface area contributed by atoms with Crippen LogP contribution in [0, 0.1) is 0 Å². The van der Waals surface area contributed by atoms with Crippen LogP contribution in [0.2, 0.25) is 0 Å². The van der Waals surface area contributed by atoms with E-state index in [0.29, 0.717) is 30.7 Å². The average molecular weight is 655 g/mol. The second-order valence-electron chi connectivity index (χ2n) is 7.85. The topological polar surface area (TPSA) is 182 Å². The van der Waals surface area contributed by atoms with E-state index in [1.54, 1.807) is 20.8 Å². The van der Waals surface area contributed by atoms with Crippen molar-refractivity contribution >= 4 is 35.7 Å². The maximum atomic E-state index is 11.4. The van der Waals surface area contributed by atoms with Crippen molar-refractivity contribution in [2.24, 2.45) is 0 Å². The summed E-state index contributed by atoms with van der Waals surface area (Å²) < 4.78 is 29.1. The number of carbonyl (C=O) groups excluding carboxylic acids is 6. The van der Waals surface area contributed by atoms with Crippen LogP contribution >= 0.6 is 0 Å². The molecule has 0 aromatic heterocycles. The van der Waals surface area contributed by atoms with Crippen LogP contribution in [-0.2, 0) is 57.2 Å². The highest BCUT2D eigenvalue weighted by molar-refractivity contribution is 5.94. The van der Waals surface area contributed by atoms with E-state index in [9.17, 15) is 28.8 Å². The second-order valence-corrected chi connectivity index (χ2v) is 7.85. The molecule has 0 rings (SSSR count). The van der Waals surface area contributed by atoms with Crippen molar-refractivity contribution in [2.75, 3.05) is 65.9 Å². The molecule has 2 amide bonds. The van der Waals surface area contributed by atoms with Gasteiger partial charge in [-0.05, 0) is 13.8 Å². The summed E-state index contributed by atoms with van der Waals surface area (Å²) in [5, 5.41) is 5.08. The molecule has 268 valence electrons. The molecule has 2 N–H and O–H groups in total. The number of ether oxygens (including phenoxy) is 6. The minimum absolute atomic E-state index is 0. The fraction of sp³-hybridized carbons (Fsp3) is 0.677. The molecule has 0 aliphatic rings. The van der Waals surface area contributed by atoms with Crippen molar-refractivity contribution < 1.29 is 57.2 Å². The first kappa shape index (κ1) is 56.9. The Kier molecular flexibility index (Phi) is 48.4. The third-order valence-corrected chi connectivity index (χ3v) is 4.04. The Balaban J connectivity index is -0.000000127. The van der Waals surface area contributed by atoms with Crippen LogP contribution in [0.1, 0.15) is 77.7 Å². The summed E-state index contributed by atoms with van der Waals surface area (Å²) in [4.78, 5) is 66.1. The molecule has 0 saturated heterocycles. The molecule has 0 unspecified atom stereocenters. The van der Waals surface area contributed by atoms with Crippen LogP contribution < -0.4 is 10.6 Å². The Bertz CT molecular complexity index is 844. The van der Waals surface area contributed by atoms with Gasteiger partial charge in [0.15, 0.2) is 0 Å². The minimum Gasteiger partial charge on any atom is -0.463 e. The molecule has 0 radical (unpaired) electrons. The van der Waals surface area contributed by atoms with Gasteiger partial charge in [-0.2, -0.15) is 0 Å². The summed E-state index contributed by atoms with van der Waals surface area (Å²) in [5.41, 5.74) is 0.662. The predicted molar refractivity (Wildman–Crippen MR) is 175 cm³/mol. The second kappa shape index (κ2) is 38.2. The van der Waals surface area contributed by atoms with Gasteiger partial charge in [0.1, 0.15) is 32.8 Å². The van der Waals surface area contributed by atoms with Crippen LogP contribution in [0.3, 0.4) is 0 Å². The molecule has 0 fully saturated rings. The van der Waals surface area contributed by atoms with Crippen molar-refractivity contribution in [3.63, 3.8) is 0 Å². The maximum absolute atomic E-state index is 11.4. The van der Waals surface area contributed by atoms with Crippen LogP contribution in [0.25, 0.3) is 0 Å². The minimum atomic E-state index is -0.674. The zero-order chi connectivity index (χ0) is 30.8. The third kappa shape index (κ3) is 42.4. The van der Waals surface area contributed by atoms with Gasteiger partial charge in [-0.3, -0.25) is 19.2 Å². The molecule has 0 bridgehead atoms. The van der Waals surface area contributed by atoms with E-state index in [2.05, 4.69) is 28.5 Å². The lowest BCUT2D eigenvalue weighted by Gasteiger charge is -2.08. The fourth-order valence-corrected chi connectivity index (χ4v) is 2.07. The smallest absolute Gasteiger partial charge is 0.333 e. The first-order valence-corrected chi connectivity index (χ1v) is 12.5. The maximum Gasteiger partial charge on any atom is 0.333 e. The molecule has 0 aromatic carbocycles. The van der Waals surface area contributed by atoms with Crippen molar-refractivity contribution in [3.8, 4) is 0 Å². The van der Waals surface area contributed by atoms with Gasteiger partial charge in [0.2, 0.25) is 11.8 Å². The van der Waals surface area contributed by atoms with E-state index < -0.39 is 30.2 Å². The van der Waals surface area contributed by atoms with Crippen LogP contribution in [0.15, 0.2) is 24.3 Å². The van der Waals surface area contributed by atoms with Crippen LogP contribution in [-0.4, -0.2) is 102 Å². The first-order valence-electron chi connectivity index (χ1n) is 12.5. The van der Waals surface area contributed by atoms with Gasteiger partial charge in [-0.1, -0.05) is 57.2 Å². The van der Waals surface area contributed by atoms with Crippen LogP contribution in [0.4, 0.5) is 0 Å². The zero-order valence-corrected chi connectivity index (χ0v) is 23.8. The number of hydrogen-bond donors (Lipinski definition) is 2. The Hall–Kier alpha value is -3.78. The summed E-state index contributed by atoms with van der Waals surface area (Å²) in [6.45, 7) is 14.9. The Morgan fingerprint density at radius 2 is 0.889 bits per heavy atom. The molecule has 45 heavy (non-hydrogen) atoms. The summed E-state index contributed by atoms with van der Waals surface area (Å²) in [6.07, 6.45) is -0.0311. The lowest BCUT2D eigenvalue weighted by molar-refractivity contribution is -0.148. The number of nitrogens with one attached hydrogen (secondary N) is 2. The quantitative estimate of drug-likeness (QED) is 0.0641. The van der Waals surface area contributed by atoms with Crippen molar-refractivity contribution in [1.29, 1.82) is 0 Å². The average Bonchev–Trinajstić information content (AvgIpc) is 2.89. The van der Waals surface area contributed by atoms with Crippen molar-refractivity contribution in [1.82, 2.24) is 10.6 Å². The lowest BCUT2D eigenvalue weighted by atomic mass is 10.4. The normalized spacial score (nSPS) is 8.62. The van der Waals surface area contributed by atoms with Crippen molar-refractivity contribution in [2.45, 2.75) is 77.7 Å². The van der Waals surface area contributed by atoms with E-state index >= 15 is 0 Å². The zero-order valence-electron chi connectivity index (χ0n) is 23.8. The molecule has 0 atom stereocenters. The Labute approximate surface area is 271 Å². The van der Waals surface area contributed by atoms with Crippen LogP contribution in [0.5, 0.6) is 0 Å². The molecular weight excluding hydrogens is 592 g/mol.